The molecular weight excluding hydrogens is 252 g/mol. The molecule has 1 saturated heterocycles. The molecule has 1 N–H and O–H groups in total. The van der Waals surface area contributed by atoms with Gasteiger partial charge in [-0.2, -0.15) is 5.26 Å². The van der Waals surface area contributed by atoms with Crippen molar-refractivity contribution < 1.29 is 9.47 Å². The van der Waals surface area contributed by atoms with Crippen molar-refractivity contribution in [3.8, 4) is 6.07 Å². The molecule has 0 radical (unpaired) electrons. The van der Waals surface area contributed by atoms with Crippen LogP contribution in [0.1, 0.15) is 19.4 Å². The quantitative estimate of drug-likeness (QED) is 0.914. The van der Waals surface area contributed by atoms with Gasteiger partial charge >= 0.3 is 0 Å². The normalized spacial score (nSPS) is 21.6. The molecule has 0 spiro atoms. The van der Waals surface area contributed by atoms with E-state index in [2.05, 4.69) is 11.4 Å². The van der Waals surface area contributed by atoms with Gasteiger partial charge in [0.05, 0.1) is 17.9 Å². The number of rotatable bonds is 3. The zero-order chi connectivity index (χ0) is 13.2. The Morgan fingerprint density at radius 3 is 2.94 bits per heavy atom. The first-order valence-corrected chi connectivity index (χ1v) is 6.13. The third kappa shape index (κ3) is 3.14. The Balaban J connectivity index is 1.97. The fourth-order valence-electron chi connectivity index (χ4n) is 1.85. The predicted molar refractivity (Wildman–Crippen MR) is 69.6 cm³/mol. The van der Waals surface area contributed by atoms with E-state index in [1.165, 1.54) is 0 Å². The maximum atomic E-state index is 9.01. The van der Waals surface area contributed by atoms with Gasteiger partial charge < -0.3 is 14.8 Å². The van der Waals surface area contributed by atoms with E-state index in [9.17, 15) is 0 Å². The van der Waals surface area contributed by atoms with E-state index in [4.69, 9.17) is 26.3 Å². The average molecular weight is 267 g/mol. The van der Waals surface area contributed by atoms with Crippen molar-refractivity contribution in [1.29, 1.82) is 5.26 Å². The van der Waals surface area contributed by atoms with Crippen LogP contribution in [0.2, 0.25) is 5.02 Å². The summed E-state index contributed by atoms with van der Waals surface area (Å²) in [4.78, 5) is 0. The molecule has 4 nitrogen and oxygen atoms in total. The summed E-state index contributed by atoms with van der Waals surface area (Å²) in [5.41, 5.74) is 1.29. The van der Waals surface area contributed by atoms with Crippen LogP contribution >= 0.6 is 11.6 Å². The minimum atomic E-state index is -0.523. The summed E-state index contributed by atoms with van der Waals surface area (Å²) >= 11 is 5.84. The highest BCUT2D eigenvalue weighted by Gasteiger charge is 2.32. The number of nitrogens with one attached hydrogen (secondary N) is 1. The summed E-state index contributed by atoms with van der Waals surface area (Å²) in [7, 11) is 0. The van der Waals surface area contributed by atoms with E-state index >= 15 is 0 Å². The molecule has 1 heterocycles. The van der Waals surface area contributed by atoms with Crippen molar-refractivity contribution in [3.05, 3.63) is 28.8 Å². The first-order valence-electron chi connectivity index (χ1n) is 5.75. The molecule has 1 unspecified atom stereocenters. The Labute approximate surface area is 111 Å². The molecule has 0 saturated carbocycles. The van der Waals surface area contributed by atoms with Gasteiger partial charge in [-0.05, 0) is 32.0 Å². The zero-order valence-electron chi connectivity index (χ0n) is 10.4. The van der Waals surface area contributed by atoms with Crippen LogP contribution in [0, 0.1) is 11.3 Å². The van der Waals surface area contributed by atoms with Crippen molar-refractivity contribution in [2.75, 3.05) is 18.5 Å². The smallest absolute Gasteiger partial charge is 0.163 e. The van der Waals surface area contributed by atoms with Crippen LogP contribution < -0.4 is 5.32 Å². The molecule has 1 aromatic rings. The first kappa shape index (κ1) is 13.2. The zero-order valence-corrected chi connectivity index (χ0v) is 11.1. The first-order chi connectivity index (χ1) is 8.50. The minimum absolute atomic E-state index is 0.0118. The van der Waals surface area contributed by atoms with Crippen LogP contribution in [-0.2, 0) is 9.47 Å². The van der Waals surface area contributed by atoms with Gasteiger partial charge in [0.2, 0.25) is 0 Å². The number of anilines is 1. The number of ether oxygens (including phenoxy) is 2. The molecule has 5 heteroatoms. The largest absolute Gasteiger partial charge is 0.381 e. The lowest BCUT2D eigenvalue weighted by Crippen LogP contribution is -2.26. The lowest BCUT2D eigenvalue weighted by molar-refractivity contribution is -0.136. The van der Waals surface area contributed by atoms with Gasteiger partial charge in [-0.15, -0.1) is 0 Å². The SMILES string of the molecule is CC1(C)OCC(CNc2ccc(Cl)cc2C#N)O1. The van der Waals surface area contributed by atoms with E-state index < -0.39 is 5.79 Å². The van der Waals surface area contributed by atoms with Gasteiger partial charge in [0.25, 0.3) is 0 Å². The lowest BCUT2D eigenvalue weighted by atomic mass is 10.2. The third-order valence-electron chi connectivity index (χ3n) is 2.69. The molecular formula is C13H15ClN2O2. The number of nitrogens with zero attached hydrogens (tertiary/aromatic N) is 1. The highest BCUT2D eigenvalue weighted by molar-refractivity contribution is 6.30. The number of halogens is 1. The van der Waals surface area contributed by atoms with Crippen LogP contribution in [0.5, 0.6) is 0 Å². The fourth-order valence-corrected chi connectivity index (χ4v) is 2.02. The molecule has 0 bridgehead atoms. The van der Waals surface area contributed by atoms with Crippen molar-refractivity contribution in [2.24, 2.45) is 0 Å². The third-order valence-corrected chi connectivity index (χ3v) is 2.92. The number of hydrogen-bond acceptors (Lipinski definition) is 4. The molecule has 0 aliphatic carbocycles. The average Bonchev–Trinajstić information content (AvgIpc) is 2.67. The Morgan fingerprint density at radius 2 is 2.33 bits per heavy atom. The van der Waals surface area contributed by atoms with E-state index in [-0.39, 0.29) is 6.10 Å². The second-order valence-electron chi connectivity index (χ2n) is 4.63. The molecule has 1 atom stereocenters. The highest BCUT2D eigenvalue weighted by Crippen LogP contribution is 2.24. The Bertz CT molecular complexity index is 482. The summed E-state index contributed by atoms with van der Waals surface area (Å²) in [5, 5.41) is 12.8. The summed E-state index contributed by atoms with van der Waals surface area (Å²) in [6.45, 7) is 4.92. The van der Waals surface area contributed by atoms with Gasteiger partial charge in [-0.25, -0.2) is 0 Å². The van der Waals surface area contributed by atoms with Gasteiger partial charge in [-0.3, -0.25) is 0 Å². The number of benzene rings is 1. The number of hydrogen-bond donors (Lipinski definition) is 1. The van der Waals surface area contributed by atoms with Gasteiger partial charge in [0.1, 0.15) is 12.2 Å². The van der Waals surface area contributed by atoms with Gasteiger partial charge in [-0.1, -0.05) is 11.6 Å². The van der Waals surface area contributed by atoms with Gasteiger partial charge in [0, 0.05) is 11.6 Å². The molecule has 1 aliphatic heterocycles. The molecule has 18 heavy (non-hydrogen) atoms. The van der Waals surface area contributed by atoms with Crippen molar-refractivity contribution >= 4 is 17.3 Å². The maximum absolute atomic E-state index is 9.01. The van der Waals surface area contributed by atoms with E-state index in [1.54, 1.807) is 18.2 Å². The molecule has 1 aliphatic rings. The summed E-state index contributed by atoms with van der Waals surface area (Å²) in [6, 6.07) is 7.29. The number of nitriles is 1. The molecule has 2 rings (SSSR count). The topological polar surface area (TPSA) is 54.3 Å². The maximum Gasteiger partial charge on any atom is 0.163 e. The Morgan fingerprint density at radius 1 is 1.56 bits per heavy atom. The van der Waals surface area contributed by atoms with Crippen LogP contribution in [0.15, 0.2) is 18.2 Å². The van der Waals surface area contributed by atoms with Crippen molar-refractivity contribution in [3.63, 3.8) is 0 Å². The van der Waals surface area contributed by atoms with Gasteiger partial charge in [0.15, 0.2) is 5.79 Å². The van der Waals surface area contributed by atoms with Crippen LogP contribution in [0.25, 0.3) is 0 Å². The summed E-state index contributed by atoms with van der Waals surface area (Å²) < 4.78 is 11.1. The lowest BCUT2D eigenvalue weighted by Gasteiger charge is -2.17. The standard InChI is InChI=1S/C13H15ClN2O2/c1-13(2)17-8-11(18-13)7-16-12-4-3-10(14)5-9(12)6-15/h3-5,11,16H,7-8H2,1-2H3. The van der Waals surface area contributed by atoms with E-state index in [0.29, 0.717) is 23.7 Å². The second kappa shape index (κ2) is 5.15. The molecule has 0 aromatic heterocycles. The highest BCUT2D eigenvalue weighted by atomic mass is 35.5. The molecule has 96 valence electrons. The monoisotopic (exact) mass is 266 g/mol. The van der Waals surface area contributed by atoms with Crippen molar-refractivity contribution in [1.82, 2.24) is 0 Å². The van der Waals surface area contributed by atoms with E-state index in [0.717, 1.165) is 5.69 Å². The summed E-state index contributed by atoms with van der Waals surface area (Å²) in [6.07, 6.45) is -0.0118. The van der Waals surface area contributed by atoms with E-state index in [1.807, 2.05) is 13.8 Å². The second-order valence-corrected chi connectivity index (χ2v) is 5.07. The summed E-state index contributed by atoms with van der Waals surface area (Å²) in [5.74, 6) is -0.523. The van der Waals surface area contributed by atoms with Crippen LogP contribution in [0.4, 0.5) is 5.69 Å². The van der Waals surface area contributed by atoms with Crippen LogP contribution in [0.3, 0.4) is 0 Å². The van der Waals surface area contributed by atoms with Crippen LogP contribution in [-0.4, -0.2) is 25.0 Å². The fraction of sp³-hybridized carbons (Fsp3) is 0.462. The Kier molecular flexibility index (Phi) is 3.76. The molecule has 0 amide bonds. The van der Waals surface area contributed by atoms with Crippen molar-refractivity contribution in [2.45, 2.75) is 25.7 Å². The molecule has 1 fully saturated rings. The minimum Gasteiger partial charge on any atom is -0.381 e. The molecule has 1 aromatic carbocycles. The predicted octanol–water partition coefficient (Wildman–Crippen LogP) is 2.78. The Hall–Kier alpha value is -1.28.